The number of pyridine rings is 2. The maximum Gasteiger partial charge on any atom is 0.138 e. The van der Waals surface area contributed by atoms with E-state index in [2.05, 4.69) is 60.8 Å². The first-order valence-electron chi connectivity index (χ1n) is 12.1. The predicted molar refractivity (Wildman–Crippen MR) is 139 cm³/mol. The van der Waals surface area contributed by atoms with Crippen molar-refractivity contribution in [2.24, 2.45) is 0 Å². The molecule has 1 aliphatic rings. The van der Waals surface area contributed by atoms with Crippen molar-refractivity contribution in [3.05, 3.63) is 73.6 Å². The fraction of sp³-hybridized carbons (Fsp3) is 0.179. The lowest BCUT2D eigenvalue weighted by atomic mass is 10.0. The van der Waals surface area contributed by atoms with Gasteiger partial charge in [-0.15, -0.1) is 0 Å². The molecule has 0 atom stereocenters. The molecule has 0 aliphatic carbocycles. The van der Waals surface area contributed by atoms with E-state index in [0.29, 0.717) is 0 Å². The molecule has 0 bridgehead atoms. The quantitative estimate of drug-likeness (QED) is 0.301. The average molecular weight is 477 g/mol. The van der Waals surface area contributed by atoms with Crippen molar-refractivity contribution < 1.29 is 9.15 Å². The Balaban J connectivity index is 1.26. The average Bonchev–Trinajstić information content (AvgIpc) is 3.68. The molecule has 1 saturated heterocycles. The van der Waals surface area contributed by atoms with Crippen LogP contribution >= 0.6 is 0 Å². The summed E-state index contributed by atoms with van der Waals surface area (Å²) in [6, 6.07) is 14.4. The maximum atomic E-state index is 6.22. The van der Waals surface area contributed by atoms with Gasteiger partial charge in [0.05, 0.1) is 35.6 Å². The van der Waals surface area contributed by atoms with Crippen LogP contribution in [0.2, 0.25) is 0 Å². The van der Waals surface area contributed by atoms with Gasteiger partial charge in [0.2, 0.25) is 0 Å². The molecule has 0 saturated carbocycles. The van der Waals surface area contributed by atoms with Gasteiger partial charge in [-0.2, -0.15) is 5.10 Å². The fourth-order valence-corrected chi connectivity index (χ4v) is 4.96. The Hall–Kier alpha value is -4.43. The van der Waals surface area contributed by atoms with Crippen LogP contribution in [-0.2, 0) is 0 Å². The first kappa shape index (κ1) is 20.9. The highest BCUT2D eigenvalue weighted by Crippen LogP contribution is 2.35. The summed E-state index contributed by atoms with van der Waals surface area (Å²) in [5.41, 5.74) is 7.64. The molecule has 0 amide bonds. The third-order valence-electron chi connectivity index (χ3n) is 6.80. The number of furan rings is 1. The van der Waals surface area contributed by atoms with E-state index < -0.39 is 0 Å². The number of piperidine rings is 1. The molecule has 178 valence electrons. The highest BCUT2D eigenvalue weighted by atomic mass is 16.5. The Kier molecular flexibility index (Phi) is 5.03. The van der Waals surface area contributed by atoms with Gasteiger partial charge in [0.15, 0.2) is 0 Å². The molecule has 5 aromatic heterocycles. The third-order valence-corrected chi connectivity index (χ3v) is 6.80. The van der Waals surface area contributed by atoms with Crippen molar-refractivity contribution in [2.45, 2.75) is 18.9 Å². The van der Waals surface area contributed by atoms with Gasteiger partial charge < -0.3 is 19.5 Å². The second-order valence-electron chi connectivity index (χ2n) is 9.12. The SMILES string of the molecule is c1cc2[nH]c(-c3n[nH]c4ccc(-c5cncc(OC6CCNCC6)c5)cc34)cc2c(-c2ccoc2)n1. The topological polar surface area (TPSA) is 105 Å². The summed E-state index contributed by atoms with van der Waals surface area (Å²) < 4.78 is 11.5. The zero-order chi connectivity index (χ0) is 23.9. The van der Waals surface area contributed by atoms with Crippen LogP contribution in [0.3, 0.4) is 0 Å². The summed E-state index contributed by atoms with van der Waals surface area (Å²) in [5.74, 6) is 0.807. The van der Waals surface area contributed by atoms with Crippen LogP contribution in [0.4, 0.5) is 0 Å². The number of nitrogens with zero attached hydrogens (tertiary/aromatic N) is 3. The van der Waals surface area contributed by atoms with Crippen LogP contribution in [0.1, 0.15) is 12.8 Å². The minimum absolute atomic E-state index is 0.231. The van der Waals surface area contributed by atoms with Crippen LogP contribution in [-0.4, -0.2) is 44.3 Å². The fourth-order valence-electron chi connectivity index (χ4n) is 4.96. The van der Waals surface area contributed by atoms with Gasteiger partial charge in [-0.05, 0) is 67.9 Å². The predicted octanol–water partition coefficient (Wildman–Crippen LogP) is 5.56. The first-order chi connectivity index (χ1) is 17.8. The van der Waals surface area contributed by atoms with Gasteiger partial charge in [-0.1, -0.05) is 6.07 Å². The van der Waals surface area contributed by atoms with Crippen LogP contribution in [0.25, 0.3) is 55.6 Å². The number of nitrogens with one attached hydrogen (secondary N) is 3. The lowest BCUT2D eigenvalue weighted by Gasteiger charge is -2.23. The van der Waals surface area contributed by atoms with Gasteiger partial charge in [0, 0.05) is 39.8 Å². The van der Waals surface area contributed by atoms with Crippen molar-refractivity contribution in [1.29, 1.82) is 0 Å². The van der Waals surface area contributed by atoms with E-state index in [1.807, 2.05) is 18.3 Å². The van der Waals surface area contributed by atoms with Crippen molar-refractivity contribution in [2.75, 3.05) is 13.1 Å². The van der Waals surface area contributed by atoms with E-state index in [0.717, 1.165) is 87.3 Å². The van der Waals surface area contributed by atoms with E-state index in [9.17, 15) is 0 Å². The Bertz CT molecular complexity index is 1660. The number of benzene rings is 1. The monoisotopic (exact) mass is 476 g/mol. The molecular formula is C28H24N6O2. The lowest BCUT2D eigenvalue weighted by Crippen LogP contribution is -2.34. The molecule has 1 aromatic carbocycles. The Labute approximate surface area is 206 Å². The van der Waals surface area contributed by atoms with Gasteiger partial charge in [-0.3, -0.25) is 15.1 Å². The van der Waals surface area contributed by atoms with E-state index in [-0.39, 0.29) is 6.10 Å². The van der Waals surface area contributed by atoms with Crippen molar-refractivity contribution in [1.82, 2.24) is 30.5 Å². The minimum atomic E-state index is 0.231. The number of hydrogen-bond acceptors (Lipinski definition) is 6. The third kappa shape index (κ3) is 3.72. The van der Waals surface area contributed by atoms with Gasteiger partial charge in [-0.25, -0.2) is 0 Å². The molecule has 0 spiro atoms. The smallest absolute Gasteiger partial charge is 0.138 e. The normalized spacial score (nSPS) is 14.6. The molecule has 8 nitrogen and oxygen atoms in total. The van der Waals surface area contributed by atoms with Crippen LogP contribution in [0, 0.1) is 0 Å². The first-order valence-corrected chi connectivity index (χ1v) is 12.1. The highest BCUT2D eigenvalue weighted by molar-refractivity contribution is 6.00. The van der Waals surface area contributed by atoms with E-state index >= 15 is 0 Å². The summed E-state index contributed by atoms with van der Waals surface area (Å²) in [7, 11) is 0. The van der Waals surface area contributed by atoms with Gasteiger partial charge in [0.1, 0.15) is 17.5 Å². The van der Waals surface area contributed by atoms with E-state index in [1.54, 1.807) is 24.9 Å². The zero-order valence-corrected chi connectivity index (χ0v) is 19.5. The number of aromatic amines is 2. The summed E-state index contributed by atoms with van der Waals surface area (Å²) in [4.78, 5) is 12.5. The van der Waals surface area contributed by atoms with Crippen LogP contribution < -0.4 is 10.1 Å². The second-order valence-corrected chi connectivity index (χ2v) is 9.12. The number of fused-ring (bicyclic) bond motifs is 2. The van der Waals surface area contributed by atoms with Crippen LogP contribution in [0.5, 0.6) is 5.75 Å². The minimum Gasteiger partial charge on any atom is -0.489 e. The van der Waals surface area contributed by atoms with Crippen molar-refractivity contribution >= 4 is 21.8 Å². The van der Waals surface area contributed by atoms with Gasteiger partial charge >= 0.3 is 0 Å². The molecule has 0 unspecified atom stereocenters. The summed E-state index contributed by atoms with van der Waals surface area (Å²) in [6.45, 7) is 1.98. The molecule has 0 radical (unpaired) electrons. The molecule has 3 N–H and O–H groups in total. The maximum absolute atomic E-state index is 6.22. The number of rotatable bonds is 5. The Morgan fingerprint density at radius 1 is 0.861 bits per heavy atom. The van der Waals surface area contributed by atoms with Crippen molar-refractivity contribution in [3.8, 4) is 39.5 Å². The molecular weight excluding hydrogens is 452 g/mol. The Morgan fingerprint density at radius 2 is 1.78 bits per heavy atom. The lowest BCUT2D eigenvalue weighted by molar-refractivity contribution is 0.162. The Morgan fingerprint density at radius 3 is 2.67 bits per heavy atom. The largest absolute Gasteiger partial charge is 0.489 e. The number of ether oxygens (including phenoxy) is 1. The number of H-pyrrole nitrogens is 2. The summed E-state index contributed by atoms with van der Waals surface area (Å²) in [6.07, 6.45) is 11.1. The number of hydrogen-bond donors (Lipinski definition) is 3. The second kappa shape index (κ2) is 8.66. The molecule has 1 fully saturated rings. The number of aromatic nitrogens is 5. The van der Waals surface area contributed by atoms with Gasteiger partial charge in [0.25, 0.3) is 0 Å². The summed E-state index contributed by atoms with van der Waals surface area (Å²) >= 11 is 0. The van der Waals surface area contributed by atoms with E-state index in [4.69, 9.17) is 9.15 Å². The van der Waals surface area contributed by atoms with Crippen molar-refractivity contribution in [3.63, 3.8) is 0 Å². The van der Waals surface area contributed by atoms with Crippen LogP contribution in [0.15, 0.2) is 78.0 Å². The summed E-state index contributed by atoms with van der Waals surface area (Å²) in [5, 5.41) is 13.2. The molecule has 36 heavy (non-hydrogen) atoms. The standard InChI is InChI=1S/C28H24N6O2/c1-2-25-22(12-17(1)19-11-21(15-30-14-19)36-20-3-7-29-8-4-20)28(34-33-25)26-13-23-24(32-26)5-9-31-27(23)18-6-10-35-16-18/h1-2,5-6,9-16,20,29,32H,3-4,7-8H2,(H,33,34). The highest BCUT2D eigenvalue weighted by Gasteiger charge is 2.17. The molecule has 1 aliphatic heterocycles. The van der Waals surface area contributed by atoms with E-state index in [1.165, 1.54) is 0 Å². The molecule has 6 heterocycles. The zero-order valence-electron chi connectivity index (χ0n) is 19.5. The molecule has 7 rings (SSSR count). The molecule has 8 heteroatoms. The molecule has 6 aromatic rings.